The van der Waals surface area contributed by atoms with E-state index in [4.69, 9.17) is 0 Å². The van der Waals surface area contributed by atoms with Gasteiger partial charge >= 0.3 is 6.18 Å². The van der Waals surface area contributed by atoms with Crippen LogP contribution in [0, 0.1) is 5.92 Å². The van der Waals surface area contributed by atoms with E-state index < -0.39 is 18.6 Å². The van der Waals surface area contributed by atoms with E-state index in [-0.39, 0.29) is 5.92 Å². The third-order valence-corrected chi connectivity index (χ3v) is 4.21. The van der Waals surface area contributed by atoms with Crippen molar-refractivity contribution < 1.29 is 18.0 Å². The summed E-state index contributed by atoms with van der Waals surface area (Å²) < 4.78 is 36.7. The van der Waals surface area contributed by atoms with Gasteiger partial charge in [-0.15, -0.1) is 0 Å². The van der Waals surface area contributed by atoms with Crippen molar-refractivity contribution in [3.05, 3.63) is 29.8 Å². The van der Waals surface area contributed by atoms with Crippen molar-refractivity contribution >= 4 is 11.6 Å². The van der Waals surface area contributed by atoms with Gasteiger partial charge in [0.2, 0.25) is 5.91 Å². The molecule has 2 rings (SSSR count). The van der Waals surface area contributed by atoms with Crippen LogP contribution in [0.1, 0.15) is 18.4 Å². The third kappa shape index (κ3) is 5.40. The molecule has 1 aliphatic rings. The van der Waals surface area contributed by atoms with Crippen molar-refractivity contribution in [3.63, 3.8) is 0 Å². The highest BCUT2D eigenvalue weighted by Crippen LogP contribution is 2.24. The first kappa shape index (κ1) is 18.6. The van der Waals surface area contributed by atoms with Crippen LogP contribution in [0.15, 0.2) is 24.3 Å². The number of nitrogens with zero attached hydrogens (tertiary/aromatic N) is 2. The number of carbonyl (C=O) groups is 1. The molecule has 0 bridgehead atoms. The number of rotatable bonds is 5. The summed E-state index contributed by atoms with van der Waals surface area (Å²) in [5, 5.41) is 2.01. The molecule has 1 aromatic carbocycles. The smallest absolute Gasteiger partial charge is 0.377 e. The van der Waals surface area contributed by atoms with Gasteiger partial charge < -0.3 is 10.2 Å². The second-order valence-corrected chi connectivity index (χ2v) is 6.43. The molecule has 1 aliphatic heterocycles. The average Bonchev–Trinajstić information content (AvgIpc) is 2.52. The third-order valence-electron chi connectivity index (χ3n) is 4.21. The first-order valence-corrected chi connectivity index (χ1v) is 8.08. The highest BCUT2D eigenvalue weighted by Gasteiger charge is 2.31. The van der Waals surface area contributed by atoms with E-state index in [1.54, 1.807) is 0 Å². The molecule has 1 amide bonds. The summed E-state index contributed by atoms with van der Waals surface area (Å²) in [7, 11) is 3.95. The van der Waals surface area contributed by atoms with E-state index >= 15 is 0 Å². The van der Waals surface area contributed by atoms with Crippen molar-refractivity contribution in [1.82, 2.24) is 10.2 Å². The lowest BCUT2D eigenvalue weighted by molar-refractivity contribution is -0.141. The van der Waals surface area contributed by atoms with Crippen LogP contribution in [0.3, 0.4) is 0 Å². The van der Waals surface area contributed by atoms with Crippen molar-refractivity contribution in [3.8, 4) is 0 Å². The SMILES string of the molecule is CN(C)c1ccccc1CN1CCCC(C(=O)NCC(F)(F)F)C1. The molecule has 4 nitrogen and oxygen atoms in total. The molecule has 1 aromatic rings. The first-order valence-electron chi connectivity index (χ1n) is 8.08. The van der Waals surface area contributed by atoms with E-state index in [2.05, 4.69) is 4.90 Å². The largest absolute Gasteiger partial charge is 0.405 e. The molecule has 1 N–H and O–H groups in total. The fourth-order valence-electron chi connectivity index (χ4n) is 3.07. The molecule has 7 heteroatoms. The maximum Gasteiger partial charge on any atom is 0.405 e. The Kier molecular flexibility index (Phi) is 6.10. The minimum absolute atomic E-state index is 0.382. The molecule has 24 heavy (non-hydrogen) atoms. The number of alkyl halides is 3. The van der Waals surface area contributed by atoms with E-state index in [0.29, 0.717) is 19.5 Å². The van der Waals surface area contributed by atoms with Gasteiger partial charge in [-0.3, -0.25) is 9.69 Å². The zero-order valence-corrected chi connectivity index (χ0v) is 14.1. The second-order valence-electron chi connectivity index (χ2n) is 6.43. The molecule has 0 aliphatic carbocycles. The molecule has 0 radical (unpaired) electrons. The molecule has 1 heterocycles. The summed E-state index contributed by atoms with van der Waals surface area (Å²) in [6, 6.07) is 8.03. The number of anilines is 1. The fraction of sp³-hybridized carbons (Fsp3) is 0.588. The van der Waals surface area contributed by atoms with Crippen LogP contribution in [0.5, 0.6) is 0 Å². The second kappa shape index (κ2) is 7.88. The molecule has 1 saturated heterocycles. The summed E-state index contributed by atoms with van der Waals surface area (Å²) in [5.41, 5.74) is 2.26. The monoisotopic (exact) mass is 343 g/mol. The Labute approximate surface area is 140 Å². The predicted octanol–water partition coefficient (Wildman–Crippen LogP) is 2.64. The Balaban J connectivity index is 1.95. The van der Waals surface area contributed by atoms with Gasteiger partial charge in [-0.1, -0.05) is 18.2 Å². The molecule has 1 atom stereocenters. The number of carbonyl (C=O) groups excluding carboxylic acids is 1. The summed E-state index contributed by atoms with van der Waals surface area (Å²) >= 11 is 0. The number of halogens is 3. The fourth-order valence-corrected chi connectivity index (χ4v) is 3.07. The lowest BCUT2D eigenvalue weighted by Crippen LogP contribution is -2.44. The van der Waals surface area contributed by atoms with Crippen LogP contribution in [0.2, 0.25) is 0 Å². The van der Waals surface area contributed by atoms with E-state index in [0.717, 1.165) is 24.2 Å². The zero-order valence-electron chi connectivity index (χ0n) is 14.1. The van der Waals surface area contributed by atoms with Gasteiger partial charge in [-0.2, -0.15) is 13.2 Å². The molecule has 0 aromatic heterocycles. The molecule has 1 fully saturated rings. The lowest BCUT2D eigenvalue weighted by Gasteiger charge is -2.33. The van der Waals surface area contributed by atoms with Crippen LogP contribution in [0.4, 0.5) is 18.9 Å². The Morgan fingerprint density at radius 3 is 2.71 bits per heavy atom. The number of benzene rings is 1. The van der Waals surface area contributed by atoms with E-state index in [1.807, 2.05) is 48.6 Å². The summed E-state index contributed by atoms with van der Waals surface area (Å²) in [4.78, 5) is 16.1. The van der Waals surface area contributed by atoms with Crippen molar-refractivity contribution in [2.75, 3.05) is 38.6 Å². The van der Waals surface area contributed by atoms with Crippen LogP contribution in [-0.2, 0) is 11.3 Å². The van der Waals surface area contributed by atoms with Gasteiger partial charge in [-0.05, 0) is 31.0 Å². The Morgan fingerprint density at radius 1 is 1.33 bits per heavy atom. The molecule has 134 valence electrons. The Hall–Kier alpha value is -1.76. The highest BCUT2D eigenvalue weighted by atomic mass is 19.4. The highest BCUT2D eigenvalue weighted by molar-refractivity contribution is 5.79. The quantitative estimate of drug-likeness (QED) is 0.893. The standard InChI is InChI=1S/C17H24F3N3O/c1-22(2)15-8-4-3-6-13(15)10-23-9-5-7-14(11-23)16(24)21-12-17(18,19)20/h3-4,6,8,14H,5,7,9-12H2,1-2H3,(H,21,24). The number of para-hydroxylation sites is 1. The minimum atomic E-state index is -4.37. The number of hydrogen-bond donors (Lipinski definition) is 1. The van der Waals surface area contributed by atoms with Gasteiger partial charge in [0.15, 0.2) is 0 Å². The van der Waals surface area contributed by atoms with Crippen LogP contribution in [0.25, 0.3) is 0 Å². The molecule has 0 saturated carbocycles. The summed E-state index contributed by atoms with van der Waals surface area (Å²) in [6.07, 6.45) is -2.92. The van der Waals surface area contributed by atoms with Crippen LogP contribution in [-0.4, -0.2) is 50.7 Å². The Bertz CT molecular complexity index is 560. The van der Waals surface area contributed by atoms with Gasteiger partial charge in [0.25, 0.3) is 0 Å². The van der Waals surface area contributed by atoms with E-state index in [9.17, 15) is 18.0 Å². The maximum absolute atomic E-state index is 12.2. The number of amides is 1. The normalized spacial score (nSPS) is 19.1. The van der Waals surface area contributed by atoms with E-state index in [1.165, 1.54) is 0 Å². The van der Waals surface area contributed by atoms with Gasteiger partial charge in [-0.25, -0.2) is 0 Å². The van der Waals surface area contributed by atoms with Crippen LogP contribution < -0.4 is 10.2 Å². The van der Waals surface area contributed by atoms with Gasteiger partial charge in [0, 0.05) is 32.9 Å². The van der Waals surface area contributed by atoms with Crippen molar-refractivity contribution in [1.29, 1.82) is 0 Å². The van der Waals surface area contributed by atoms with Gasteiger partial charge in [0.1, 0.15) is 6.54 Å². The van der Waals surface area contributed by atoms with Crippen LogP contribution >= 0.6 is 0 Å². The molecular weight excluding hydrogens is 319 g/mol. The van der Waals surface area contributed by atoms with Crippen molar-refractivity contribution in [2.45, 2.75) is 25.6 Å². The summed E-state index contributed by atoms with van der Waals surface area (Å²) in [5.74, 6) is -0.884. The first-order chi connectivity index (χ1) is 11.3. The topological polar surface area (TPSA) is 35.6 Å². The maximum atomic E-state index is 12.2. The number of nitrogens with one attached hydrogen (secondary N) is 1. The lowest BCUT2D eigenvalue weighted by atomic mass is 9.96. The number of piperidine rings is 1. The van der Waals surface area contributed by atoms with Gasteiger partial charge in [0.05, 0.1) is 5.92 Å². The average molecular weight is 343 g/mol. The predicted molar refractivity (Wildman–Crippen MR) is 87.8 cm³/mol. The molecule has 1 unspecified atom stereocenters. The summed E-state index contributed by atoms with van der Waals surface area (Å²) in [6.45, 7) is 0.777. The number of likely N-dealkylation sites (tertiary alicyclic amines) is 1. The minimum Gasteiger partial charge on any atom is -0.377 e. The van der Waals surface area contributed by atoms with Crippen molar-refractivity contribution in [2.24, 2.45) is 5.92 Å². The number of hydrogen-bond acceptors (Lipinski definition) is 3. The molecule has 0 spiro atoms. The Morgan fingerprint density at radius 2 is 2.04 bits per heavy atom. The molecular formula is C17H24F3N3O. The zero-order chi connectivity index (χ0) is 17.7.